The topological polar surface area (TPSA) is 132 Å². The Morgan fingerprint density at radius 2 is 1.93 bits per heavy atom. The molecule has 2 aliphatic rings. The summed E-state index contributed by atoms with van der Waals surface area (Å²) >= 11 is 7.67. The molecule has 14 heteroatoms. The Hall–Kier alpha value is -3.17. The zero-order chi connectivity index (χ0) is 28.8. The highest BCUT2D eigenvalue weighted by Crippen LogP contribution is 2.51. The van der Waals surface area contributed by atoms with Crippen LogP contribution in [0.1, 0.15) is 40.3 Å². The van der Waals surface area contributed by atoms with E-state index < -0.39 is 52.8 Å². The summed E-state index contributed by atoms with van der Waals surface area (Å²) < 4.78 is 16.5. The van der Waals surface area contributed by atoms with Gasteiger partial charge in [-0.3, -0.25) is 9.59 Å². The smallest absolute Gasteiger partial charge is 0.347 e. The van der Waals surface area contributed by atoms with Crippen LogP contribution in [0.3, 0.4) is 0 Å². The van der Waals surface area contributed by atoms with E-state index in [0.717, 1.165) is 0 Å². The lowest BCUT2D eigenvalue weighted by molar-refractivity contribution is -0.671. The van der Waals surface area contributed by atoms with Gasteiger partial charge < -0.3 is 48.2 Å². The number of β-lactam (4-membered cyclic amide) rings is 1. The number of hydrogen-bond donors (Lipinski definition) is 1. The Morgan fingerprint density at radius 1 is 1.20 bits per heavy atom. The molecular formula is C27H26ClIN4O7S. The van der Waals surface area contributed by atoms with Gasteiger partial charge in [0, 0.05) is 16.4 Å². The second-order valence-corrected chi connectivity index (χ2v) is 12.1. The number of aromatic nitrogens is 2. The third-order valence-electron chi connectivity index (χ3n) is 6.74. The minimum absolute atomic E-state index is 0. The van der Waals surface area contributed by atoms with E-state index in [1.807, 2.05) is 13.8 Å². The standard InChI is InChI=1S/C27H25ClN4O7S.HI/c1-14-18(19(30-39-14)16-9-5-6-10-17(16)28)22(33)29-20-23(34)32-21(27(2,3)40-24(20)32)26(36)38-13-37-25(35)15-8-7-11-31(4)12-15;/h5-12,20-21,24H,13H2,1-4H3;1H/t20-,21+,24-;/m0./s1. The van der Waals surface area contributed by atoms with Gasteiger partial charge in [-0.05, 0) is 32.9 Å². The molecule has 2 amide bonds. The molecule has 1 aromatic carbocycles. The molecule has 216 valence electrons. The fourth-order valence-electron chi connectivity index (χ4n) is 4.83. The number of pyridine rings is 1. The van der Waals surface area contributed by atoms with Crippen molar-refractivity contribution >= 4 is 47.1 Å². The van der Waals surface area contributed by atoms with E-state index in [4.69, 9.17) is 25.6 Å². The van der Waals surface area contributed by atoms with Crippen molar-refractivity contribution in [2.75, 3.05) is 6.79 Å². The average molecular weight is 713 g/mol. The zero-order valence-corrected chi connectivity index (χ0v) is 26.2. The number of hydrogen-bond acceptors (Lipinski definition) is 9. The van der Waals surface area contributed by atoms with Crippen LogP contribution in [0.25, 0.3) is 11.3 Å². The van der Waals surface area contributed by atoms with Crippen LogP contribution < -0.4 is 33.9 Å². The van der Waals surface area contributed by atoms with Gasteiger partial charge in [0.05, 0.1) is 5.02 Å². The van der Waals surface area contributed by atoms with E-state index in [-0.39, 0.29) is 41.0 Å². The van der Waals surface area contributed by atoms with Crippen molar-refractivity contribution in [1.82, 2.24) is 15.4 Å². The highest BCUT2D eigenvalue weighted by Gasteiger charge is 2.64. The molecule has 2 fully saturated rings. The summed E-state index contributed by atoms with van der Waals surface area (Å²) in [5, 5.41) is 6.68. The molecule has 2 saturated heterocycles. The first-order chi connectivity index (χ1) is 19.0. The average Bonchev–Trinajstić information content (AvgIpc) is 3.41. The van der Waals surface area contributed by atoms with Gasteiger partial charge >= 0.3 is 11.9 Å². The summed E-state index contributed by atoms with van der Waals surface area (Å²) in [5.41, 5.74) is 1.26. The molecule has 4 heterocycles. The highest BCUT2D eigenvalue weighted by molar-refractivity contribution is 8.01. The normalized spacial score (nSPS) is 20.4. The molecule has 0 unspecified atom stereocenters. The van der Waals surface area contributed by atoms with Crippen LogP contribution in [0.2, 0.25) is 5.02 Å². The number of thioether (sulfide) groups is 1. The van der Waals surface area contributed by atoms with Gasteiger partial charge in [-0.15, -0.1) is 11.8 Å². The van der Waals surface area contributed by atoms with Gasteiger partial charge in [0.2, 0.25) is 12.7 Å². The number of aryl methyl sites for hydroxylation is 2. The van der Waals surface area contributed by atoms with Crippen LogP contribution in [-0.4, -0.2) is 62.8 Å². The largest absolute Gasteiger partial charge is 1.00 e. The number of carbonyl (C=O) groups excluding carboxylic acids is 4. The highest BCUT2D eigenvalue weighted by atomic mass is 127. The molecule has 1 N–H and O–H groups in total. The van der Waals surface area contributed by atoms with Crippen molar-refractivity contribution in [2.45, 2.75) is 43.0 Å². The molecule has 2 aromatic heterocycles. The lowest BCUT2D eigenvalue weighted by Crippen LogP contribution is -3.00. The van der Waals surface area contributed by atoms with Crippen LogP contribution in [0.5, 0.6) is 0 Å². The maximum atomic E-state index is 13.3. The second-order valence-electron chi connectivity index (χ2n) is 9.92. The number of halogens is 2. The van der Waals surface area contributed by atoms with Gasteiger partial charge in [-0.2, -0.15) is 0 Å². The molecule has 3 atom stereocenters. The van der Waals surface area contributed by atoms with Crippen molar-refractivity contribution < 1.29 is 61.7 Å². The van der Waals surface area contributed by atoms with E-state index in [1.54, 1.807) is 67.3 Å². The summed E-state index contributed by atoms with van der Waals surface area (Å²) in [4.78, 5) is 53.2. The van der Waals surface area contributed by atoms with E-state index >= 15 is 0 Å². The van der Waals surface area contributed by atoms with Gasteiger partial charge in [0.15, 0.2) is 12.4 Å². The van der Waals surface area contributed by atoms with Crippen molar-refractivity contribution in [3.05, 3.63) is 70.7 Å². The van der Waals surface area contributed by atoms with Crippen LogP contribution in [-0.2, 0) is 26.1 Å². The molecule has 3 aromatic rings. The third kappa shape index (κ3) is 5.79. The lowest BCUT2D eigenvalue weighted by atomic mass is 9.95. The van der Waals surface area contributed by atoms with Gasteiger partial charge in [-0.25, -0.2) is 14.2 Å². The molecule has 0 bridgehead atoms. The van der Waals surface area contributed by atoms with E-state index in [2.05, 4.69) is 10.5 Å². The predicted molar refractivity (Wildman–Crippen MR) is 143 cm³/mol. The number of rotatable bonds is 7. The quantitative estimate of drug-likeness (QED) is 0.115. The summed E-state index contributed by atoms with van der Waals surface area (Å²) in [7, 11) is 1.76. The zero-order valence-electron chi connectivity index (χ0n) is 22.4. The molecule has 0 saturated carbocycles. The van der Waals surface area contributed by atoms with Crippen LogP contribution in [0, 0.1) is 6.92 Å². The second kappa shape index (κ2) is 12.0. The van der Waals surface area contributed by atoms with E-state index in [1.165, 1.54) is 16.7 Å². The first-order valence-corrected chi connectivity index (χ1v) is 13.6. The minimum Gasteiger partial charge on any atom is -1.00 e. The van der Waals surface area contributed by atoms with E-state index in [9.17, 15) is 19.2 Å². The summed E-state index contributed by atoms with van der Waals surface area (Å²) in [5.74, 6) is -2.06. The third-order valence-corrected chi connectivity index (χ3v) is 8.64. The Bertz CT molecular complexity index is 1530. The molecule has 41 heavy (non-hydrogen) atoms. The molecule has 2 aliphatic heterocycles. The Labute approximate surface area is 261 Å². The van der Waals surface area contributed by atoms with Crippen LogP contribution in [0.15, 0.2) is 53.3 Å². The lowest BCUT2D eigenvalue weighted by Gasteiger charge is -2.43. The number of amides is 2. The van der Waals surface area contributed by atoms with Crippen molar-refractivity contribution in [1.29, 1.82) is 0 Å². The summed E-state index contributed by atoms with van der Waals surface area (Å²) in [6.45, 7) is 4.62. The Balaban J connectivity index is 0.00000387. The van der Waals surface area contributed by atoms with Gasteiger partial charge in [0.1, 0.15) is 47.1 Å². The Morgan fingerprint density at radius 3 is 2.63 bits per heavy atom. The molecule has 0 aliphatic carbocycles. The molecular weight excluding hydrogens is 687 g/mol. The molecule has 0 spiro atoms. The maximum Gasteiger partial charge on any atom is 0.347 e. The number of ether oxygens (including phenoxy) is 2. The Kier molecular flexibility index (Phi) is 8.99. The monoisotopic (exact) mass is 712 g/mol. The van der Waals surface area contributed by atoms with Crippen LogP contribution in [0.4, 0.5) is 0 Å². The summed E-state index contributed by atoms with van der Waals surface area (Å²) in [6.07, 6.45) is 3.34. The number of nitrogens with one attached hydrogen (secondary N) is 1. The number of esters is 2. The molecule has 0 radical (unpaired) electrons. The predicted octanol–water partition coefficient (Wildman–Crippen LogP) is -0.350. The first-order valence-electron chi connectivity index (χ1n) is 12.3. The fraction of sp³-hybridized carbons (Fsp3) is 0.333. The number of fused-ring (bicyclic) bond motifs is 1. The minimum atomic E-state index is -0.938. The molecule has 5 rings (SSSR count). The van der Waals surface area contributed by atoms with Crippen molar-refractivity contribution in [2.24, 2.45) is 7.05 Å². The SMILES string of the molecule is Cc1onc(-c2ccccc2Cl)c1C(=O)N[C@H]1C(=O)N2[C@H]1SC(C)(C)[C@H]2C(=O)OCOC(=O)c1ccc[n+](C)c1.[I-]. The number of benzene rings is 1. The first kappa shape index (κ1) is 30.8. The summed E-state index contributed by atoms with van der Waals surface area (Å²) in [6, 6.07) is 8.37. The van der Waals surface area contributed by atoms with Crippen LogP contribution >= 0.6 is 23.4 Å². The maximum absolute atomic E-state index is 13.3. The van der Waals surface area contributed by atoms with Gasteiger partial charge in [0.25, 0.3) is 5.91 Å². The fourth-order valence-corrected chi connectivity index (χ4v) is 6.67. The number of nitrogens with zero attached hydrogens (tertiary/aromatic N) is 3. The number of carbonyl (C=O) groups is 4. The van der Waals surface area contributed by atoms with E-state index in [0.29, 0.717) is 16.1 Å². The molecule has 11 nitrogen and oxygen atoms in total. The van der Waals surface area contributed by atoms with Crippen molar-refractivity contribution in [3.63, 3.8) is 0 Å². The van der Waals surface area contributed by atoms with Crippen molar-refractivity contribution in [3.8, 4) is 11.3 Å². The van der Waals surface area contributed by atoms with Gasteiger partial charge in [-0.1, -0.05) is 35.0 Å².